The molecule has 3 aromatic carbocycles. The molecule has 144 valence electrons. The Bertz CT molecular complexity index is 1010. The SMILES string of the molecule is COc1ccc(CNC(=O)c2c(Cl)cccc2Oc2cccc(Cl)c2)cc1F. The lowest BCUT2D eigenvalue weighted by Gasteiger charge is -2.13. The predicted octanol–water partition coefficient (Wildman–Crippen LogP) is 5.86. The zero-order chi connectivity index (χ0) is 20.1. The Morgan fingerprint density at radius 2 is 1.82 bits per heavy atom. The van der Waals surface area contributed by atoms with Crippen molar-refractivity contribution in [3.8, 4) is 17.2 Å². The summed E-state index contributed by atoms with van der Waals surface area (Å²) in [4.78, 5) is 12.7. The fraction of sp³-hybridized carbons (Fsp3) is 0.0952. The van der Waals surface area contributed by atoms with Gasteiger partial charge < -0.3 is 14.8 Å². The number of amides is 1. The first-order chi connectivity index (χ1) is 13.5. The van der Waals surface area contributed by atoms with Gasteiger partial charge in [-0.3, -0.25) is 4.79 Å². The first-order valence-corrected chi connectivity index (χ1v) is 9.06. The lowest BCUT2D eigenvalue weighted by atomic mass is 10.1. The number of benzene rings is 3. The van der Waals surface area contributed by atoms with Crippen LogP contribution in [0.4, 0.5) is 4.39 Å². The second-order valence-corrected chi connectivity index (χ2v) is 6.67. The zero-order valence-corrected chi connectivity index (χ0v) is 16.4. The lowest BCUT2D eigenvalue weighted by molar-refractivity contribution is 0.0948. The van der Waals surface area contributed by atoms with Crippen LogP contribution in [-0.2, 0) is 6.54 Å². The third-order valence-corrected chi connectivity index (χ3v) is 4.45. The average molecular weight is 420 g/mol. The van der Waals surface area contributed by atoms with E-state index in [1.807, 2.05) is 0 Å². The number of methoxy groups -OCH3 is 1. The molecule has 0 aromatic heterocycles. The molecule has 0 saturated heterocycles. The molecule has 0 heterocycles. The maximum atomic E-state index is 13.8. The standard InChI is InChI=1S/C21H16Cl2FNO3/c1-27-18-9-8-13(10-17(18)24)12-25-21(26)20-16(23)6-3-7-19(20)28-15-5-2-4-14(22)11-15/h2-11H,12H2,1H3,(H,25,26). The van der Waals surface area contributed by atoms with Gasteiger partial charge in [-0.25, -0.2) is 4.39 Å². The van der Waals surface area contributed by atoms with Crippen molar-refractivity contribution in [2.24, 2.45) is 0 Å². The average Bonchev–Trinajstić information content (AvgIpc) is 2.66. The summed E-state index contributed by atoms with van der Waals surface area (Å²) in [6, 6.07) is 16.2. The normalized spacial score (nSPS) is 10.4. The Balaban J connectivity index is 1.78. The molecule has 0 aliphatic rings. The number of rotatable bonds is 6. The number of ether oxygens (including phenoxy) is 2. The van der Waals surface area contributed by atoms with Gasteiger partial charge in [-0.15, -0.1) is 0 Å². The molecule has 1 amide bonds. The van der Waals surface area contributed by atoms with E-state index in [0.717, 1.165) is 0 Å². The molecule has 0 spiro atoms. The maximum absolute atomic E-state index is 13.8. The minimum absolute atomic E-state index is 0.113. The maximum Gasteiger partial charge on any atom is 0.256 e. The fourth-order valence-corrected chi connectivity index (χ4v) is 2.99. The van der Waals surface area contributed by atoms with Crippen molar-refractivity contribution in [3.63, 3.8) is 0 Å². The predicted molar refractivity (Wildman–Crippen MR) is 107 cm³/mol. The van der Waals surface area contributed by atoms with Crippen molar-refractivity contribution in [1.82, 2.24) is 5.32 Å². The van der Waals surface area contributed by atoms with Gasteiger partial charge in [0.05, 0.1) is 12.1 Å². The topological polar surface area (TPSA) is 47.6 Å². The van der Waals surface area contributed by atoms with Crippen LogP contribution < -0.4 is 14.8 Å². The summed E-state index contributed by atoms with van der Waals surface area (Å²) in [5, 5.41) is 3.46. The molecule has 7 heteroatoms. The van der Waals surface area contributed by atoms with E-state index in [0.29, 0.717) is 16.3 Å². The van der Waals surface area contributed by atoms with Gasteiger partial charge in [-0.1, -0.05) is 41.4 Å². The molecule has 0 atom stereocenters. The van der Waals surface area contributed by atoms with Crippen LogP contribution in [0.1, 0.15) is 15.9 Å². The molecule has 0 aliphatic carbocycles. The van der Waals surface area contributed by atoms with Crippen LogP contribution in [-0.4, -0.2) is 13.0 Å². The molecule has 3 aromatic rings. The number of carbonyl (C=O) groups excluding carboxylic acids is 1. The Morgan fingerprint density at radius 3 is 2.54 bits per heavy atom. The molecule has 28 heavy (non-hydrogen) atoms. The minimum atomic E-state index is -0.503. The van der Waals surface area contributed by atoms with Crippen LogP contribution in [0.3, 0.4) is 0 Å². The molecule has 0 unspecified atom stereocenters. The van der Waals surface area contributed by atoms with Gasteiger partial charge in [-0.05, 0) is 48.0 Å². The Morgan fingerprint density at radius 1 is 1.04 bits per heavy atom. The molecule has 1 N–H and O–H groups in total. The van der Waals surface area contributed by atoms with E-state index in [-0.39, 0.29) is 28.6 Å². The van der Waals surface area contributed by atoms with Gasteiger partial charge in [0.2, 0.25) is 0 Å². The molecule has 0 bridgehead atoms. The van der Waals surface area contributed by atoms with Crippen LogP contribution >= 0.6 is 23.2 Å². The van der Waals surface area contributed by atoms with Gasteiger partial charge in [0.15, 0.2) is 11.6 Å². The highest BCUT2D eigenvalue weighted by Gasteiger charge is 2.17. The number of hydrogen-bond donors (Lipinski definition) is 1. The zero-order valence-electron chi connectivity index (χ0n) is 14.8. The number of nitrogens with one attached hydrogen (secondary N) is 1. The third kappa shape index (κ3) is 4.74. The van der Waals surface area contributed by atoms with Gasteiger partial charge in [0, 0.05) is 11.6 Å². The van der Waals surface area contributed by atoms with Crippen LogP contribution in [0.25, 0.3) is 0 Å². The van der Waals surface area contributed by atoms with Gasteiger partial charge in [0.25, 0.3) is 5.91 Å². The highest BCUT2D eigenvalue weighted by atomic mass is 35.5. The Labute approximate surface area is 171 Å². The second-order valence-electron chi connectivity index (χ2n) is 5.82. The van der Waals surface area contributed by atoms with Gasteiger partial charge in [0.1, 0.15) is 17.1 Å². The van der Waals surface area contributed by atoms with E-state index >= 15 is 0 Å². The summed E-state index contributed by atoms with van der Waals surface area (Å²) in [5.41, 5.74) is 0.758. The molecule has 0 fully saturated rings. The summed E-state index contributed by atoms with van der Waals surface area (Å²) in [7, 11) is 1.39. The molecular weight excluding hydrogens is 404 g/mol. The monoisotopic (exact) mass is 419 g/mol. The van der Waals surface area contributed by atoms with E-state index in [2.05, 4.69) is 5.32 Å². The lowest BCUT2D eigenvalue weighted by Crippen LogP contribution is -2.23. The first-order valence-electron chi connectivity index (χ1n) is 8.30. The van der Waals surface area contributed by atoms with Crippen molar-refractivity contribution in [2.75, 3.05) is 7.11 Å². The second kappa shape index (κ2) is 8.95. The van der Waals surface area contributed by atoms with Crippen LogP contribution in [0.2, 0.25) is 10.0 Å². The number of carbonyl (C=O) groups is 1. The summed E-state index contributed by atoms with van der Waals surface area (Å²) in [6.45, 7) is 0.113. The molecule has 4 nitrogen and oxygen atoms in total. The van der Waals surface area contributed by atoms with E-state index < -0.39 is 11.7 Å². The number of hydrogen-bond acceptors (Lipinski definition) is 3. The van der Waals surface area contributed by atoms with Crippen LogP contribution in [0.5, 0.6) is 17.2 Å². The molecule has 0 saturated carbocycles. The minimum Gasteiger partial charge on any atom is -0.494 e. The van der Waals surface area contributed by atoms with E-state index in [4.69, 9.17) is 32.7 Å². The molecule has 0 aliphatic heterocycles. The summed E-state index contributed by atoms with van der Waals surface area (Å²) in [5.74, 6) is -0.0524. The van der Waals surface area contributed by atoms with Crippen LogP contribution in [0.15, 0.2) is 60.7 Å². The molecular formula is C21H16Cl2FNO3. The molecule has 0 radical (unpaired) electrons. The largest absolute Gasteiger partial charge is 0.494 e. The quantitative estimate of drug-likeness (QED) is 0.543. The Kier molecular flexibility index (Phi) is 6.39. The van der Waals surface area contributed by atoms with E-state index in [1.54, 1.807) is 48.5 Å². The van der Waals surface area contributed by atoms with E-state index in [9.17, 15) is 9.18 Å². The van der Waals surface area contributed by atoms with Gasteiger partial charge in [-0.2, -0.15) is 0 Å². The van der Waals surface area contributed by atoms with Crippen LogP contribution in [0, 0.1) is 5.82 Å². The highest BCUT2D eigenvalue weighted by Crippen LogP contribution is 2.31. The Hall–Kier alpha value is -2.76. The van der Waals surface area contributed by atoms with Crippen molar-refractivity contribution in [1.29, 1.82) is 0 Å². The van der Waals surface area contributed by atoms with Gasteiger partial charge >= 0.3 is 0 Å². The first kappa shape index (κ1) is 20.0. The smallest absolute Gasteiger partial charge is 0.256 e. The van der Waals surface area contributed by atoms with Crippen molar-refractivity contribution < 1.29 is 18.7 Å². The summed E-state index contributed by atoms with van der Waals surface area (Å²) < 4.78 is 24.5. The summed E-state index contributed by atoms with van der Waals surface area (Å²) in [6.07, 6.45) is 0. The summed E-state index contributed by atoms with van der Waals surface area (Å²) >= 11 is 12.2. The highest BCUT2D eigenvalue weighted by molar-refractivity contribution is 6.34. The van der Waals surface area contributed by atoms with Crippen molar-refractivity contribution in [3.05, 3.63) is 87.7 Å². The van der Waals surface area contributed by atoms with E-state index in [1.165, 1.54) is 19.2 Å². The number of halogens is 3. The molecule has 3 rings (SSSR count). The fourth-order valence-electron chi connectivity index (χ4n) is 2.56. The van der Waals surface area contributed by atoms with Crippen molar-refractivity contribution in [2.45, 2.75) is 6.54 Å². The van der Waals surface area contributed by atoms with Crippen molar-refractivity contribution >= 4 is 29.1 Å². The third-order valence-electron chi connectivity index (χ3n) is 3.90.